The summed E-state index contributed by atoms with van der Waals surface area (Å²) < 4.78 is 10.7. The van der Waals surface area contributed by atoms with E-state index in [0.717, 1.165) is 38.6 Å². The summed E-state index contributed by atoms with van der Waals surface area (Å²) in [5.74, 6) is 0. The zero-order valence-corrected chi connectivity index (χ0v) is 18.1. The van der Waals surface area contributed by atoms with E-state index in [1.165, 1.54) is 77.0 Å². The molecule has 0 aliphatic carbocycles. The third-order valence-corrected chi connectivity index (χ3v) is 5.52. The van der Waals surface area contributed by atoms with E-state index in [2.05, 4.69) is 19.2 Å². The molecule has 1 fully saturated rings. The number of hydrogen-bond acceptors (Lipinski definition) is 3. The van der Waals surface area contributed by atoms with Crippen molar-refractivity contribution in [2.24, 2.45) is 0 Å². The van der Waals surface area contributed by atoms with Gasteiger partial charge in [0.25, 0.3) is 0 Å². The van der Waals surface area contributed by atoms with Gasteiger partial charge in [-0.25, -0.2) is 10.1 Å². The minimum atomic E-state index is -0.535. The Morgan fingerprint density at radius 2 is 1.44 bits per heavy atom. The lowest BCUT2D eigenvalue weighted by atomic mass is 10.0. The van der Waals surface area contributed by atoms with E-state index in [1.54, 1.807) is 0 Å². The van der Waals surface area contributed by atoms with Crippen LogP contribution >= 0.6 is 0 Å². The molecule has 1 aliphatic rings. The van der Waals surface area contributed by atoms with Crippen molar-refractivity contribution < 1.29 is 14.3 Å². The highest BCUT2D eigenvalue weighted by Gasteiger charge is 2.22. The van der Waals surface area contributed by atoms with Gasteiger partial charge in [0.05, 0.1) is 0 Å². The molecular weight excluding hydrogens is 338 g/mol. The highest BCUT2D eigenvalue weighted by Crippen LogP contribution is 2.16. The van der Waals surface area contributed by atoms with Crippen LogP contribution in [0.15, 0.2) is 0 Å². The predicted octanol–water partition coefficient (Wildman–Crippen LogP) is 7.12. The Morgan fingerprint density at radius 3 is 1.93 bits per heavy atom. The van der Waals surface area contributed by atoms with Gasteiger partial charge in [0.1, 0.15) is 6.10 Å². The zero-order chi connectivity index (χ0) is 19.6. The van der Waals surface area contributed by atoms with Crippen LogP contribution in [0.5, 0.6) is 0 Å². The number of rotatable bonds is 17. The van der Waals surface area contributed by atoms with Crippen molar-refractivity contribution >= 4 is 6.16 Å². The number of unbranched alkanes of at least 4 members (excludes halogenated alkanes) is 12. The second kappa shape index (κ2) is 17.3. The minimum Gasteiger partial charge on any atom is -0.431 e. The molecule has 0 amide bonds. The van der Waals surface area contributed by atoms with Crippen molar-refractivity contribution in [2.75, 3.05) is 6.54 Å². The lowest BCUT2D eigenvalue weighted by Gasteiger charge is -2.17. The van der Waals surface area contributed by atoms with Gasteiger partial charge in [-0.2, -0.15) is 0 Å². The Hall–Kier alpha value is -0.770. The summed E-state index contributed by atoms with van der Waals surface area (Å²) in [6.07, 6.45) is 20.5. The molecule has 1 radical (unpaired) electrons. The van der Waals surface area contributed by atoms with Crippen LogP contribution in [0.4, 0.5) is 4.79 Å². The average molecular weight is 383 g/mol. The molecule has 1 heterocycles. The first-order valence-electron chi connectivity index (χ1n) is 11.8. The van der Waals surface area contributed by atoms with E-state index < -0.39 is 6.16 Å². The van der Waals surface area contributed by atoms with E-state index in [9.17, 15) is 4.79 Å². The summed E-state index contributed by atoms with van der Waals surface area (Å²) in [6.45, 7) is 5.14. The highest BCUT2D eigenvalue weighted by atomic mass is 16.7. The molecule has 0 N–H and O–H groups in total. The van der Waals surface area contributed by atoms with Crippen LogP contribution < -0.4 is 5.32 Å². The quantitative estimate of drug-likeness (QED) is 0.199. The topological polar surface area (TPSA) is 49.6 Å². The second-order valence-corrected chi connectivity index (χ2v) is 8.05. The smallest absolute Gasteiger partial charge is 0.431 e. The number of carbonyl (C=O) groups is 1. The predicted molar refractivity (Wildman–Crippen MR) is 112 cm³/mol. The molecule has 159 valence electrons. The Bertz CT molecular complexity index is 343. The molecule has 0 bridgehead atoms. The molecule has 2 unspecified atom stereocenters. The van der Waals surface area contributed by atoms with Crippen LogP contribution in [-0.2, 0) is 9.47 Å². The lowest BCUT2D eigenvalue weighted by Crippen LogP contribution is -2.26. The molecule has 0 aromatic carbocycles. The molecule has 4 heteroatoms. The van der Waals surface area contributed by atoms with Gasteiger partial charge >= 0.3 is 6.16 Å². The lowest BCUT2D eigenvalue weighted by molar-refractivity contribution is -0.00965. The molecule has 1 aliphatic heterocycles. The van der Waals surface area contributed by atoms with Crippen molar-refractivity contribution in [2.45, 2.75) is 135 Å². The van der Waals surface area contributed by atoms with Crippen molar-refractivity contribution in [3.8, 4) is 0 Å². The first-order chi connectivity index (χ1) is 13.3. The van der Waals surface area contributed by atoms with E-state index in [4.69, 9.17) is 9.47 Å². The number of nitrogens with zero attached hydrogens (tertiary/aromatic N) is 1. The van der Waals surface area contributed by atoms with E-state index in [0.29, 0.717) is 0 Å². The normalized spacial score (nSPS) is 17.8. The Morgan fingerprint density at radius 1 is 0.889 bits per heavy atom. The number of hydrogen-bond donors (Lipinski definition) is 0. The van der Waals surface area contributed by atoms with Gasteiger partial charge in [-0.1, -0.05) is 90.9 Å². The molecule has 27 heavy (non-hydrogen) atoms. The van der Waals surface area contributed by atoms with Gasteiger partial charge in [0.15, 0.2) is 6.23 Å². The van der Waals surface area contributed by atoms with Crippen molar-refractivity contribution in [1.29, 1.82) is 0 Å². The molecular formula is C23H44NO3. The van der Waals surface area contributed by atoms with Gasteiger partial charge in [0.2, 0.25) is 0 Å². The molecule has 2 atom stereocenters. The monoisotopic (exact) mass is 382 g/mol. The maximum atomic E-state index is 11.8. The van der Waals surface area contributed by atoms with Gasteiger partial charge in [0, 0.05) is 13.0 Å². The molecule has 0 aromatic rings. The molecule has 0 aromatic heterocycles. The fourth-order valence-electron chi connectivity index (χ4n) is 3.70. The second-order valence-electron chi connectivity index (χ2n) is 8.05. The third-order valence-electron chi connectivity index (χ3n) is 5.52. The molecule has 4 nitrogen and oxygen atoms in total. The van der Waals surface area contributed by atoms with Gasteiger partial charge in [-0.05, 0) is 25.7 Å². The minimum absolute atomic E-state index is 0.00777. The highest BCUT2D eigenvalue weighted by molar-refractivity contribution is 5.60. The summed E-state index contributed by atoms with van der Waals surface area (Å²) in [6, 6.07) is 0. The molecule has 0 spiro atoms. The van der Waals surface area contributed by atoms with Crippen LogP contribution in [-0.4, -0.2) is 25.0 Å². The summed E-state index contributed by atoms with van der Waals surface area (Å²) in [4.78, 5) is 11.8. The van der Waals surface area contributed by atoms with Crippen molar-refractivity contribution in [3.05, 3.63) is 0 Å². The molecule has 1 rings (SSSR count). The van der Waals surface area contributed by atoms with Crippen molar-refractivity contribution in [1.82, 2.24) is 5.32 Å². The van der Waals surface area contributed by atoms with Crippen LogP contribution in [0.3, 0.4) is 0 Å². The Labute approximate surface area is 168 Å². The first-order valence-corrected chi connectivity index (χ1v) is 11.8. The SMILES string of the molecule is CCCCCCCCCCCCCCCC(CC)OC(=O)OC1CCC[N]1. The summed E-state index contributed by atoms with van der Waals surface area (Å²) in [5, 5.41) is 4.22. The standard InChI is InChI=1S/C23H44NO3/c1-3-5-6-7-8-9-10-11-12-13-14-15-16-18-21(4-2)26-23(25)27-22-19-17-20-24-22/h21-22H,3-20H2,1-2H3. The Kier molecular flexibility index (Phi) is 15.6. The van der Waals surface area contributed by atoms with E-state index >= 15 is 0 Å². The van der Waals surface area contributed by atoms with Crippen LogP contribution in [0.2, 0.25) is 0 Å². The zero-order valence-electron chi connectivity index (χ0n) is 18.1. The van der Waals surface area contributed by atoms with Crippen molar-refractivity contribution in [3.63, 3.8) is 0 Å². The Balaban J connectivity index is 1.87. The molecule has 1 saturated heterocycles. The van der Waals surface area contributed by atoms with Gasteiger partial charge in [-0.15, -0.1) is 0 Å². The van der Waals surface area contributed by atoms with Crippen LogP contribution in [0, 0.1) is 0 Å². The first kappa shape index (κ1) is 24.3. The van der Waals surface area contributed by atoms with Crippen LogP contribution in [0.1, 0.15) is 123 Å². The molecule has 0 saturated carbocycles. The third kappa shape index (κ3) is 14.0. The summed E-state index contributed by atoms with van der Waals surface area (Å²) in [5.41, 5.74) is 0. The fourth-order valence-corrected chi connectivity index (χ4v) is 3.70. The summed E-state index contributed by atoms with van der Waals surface area (Å²) >= 11 is 0. The maximum absolute atomic E-state index is 11.8. The van der Waals surface area contributed by atoms with E-state index in [1.807, 2.05) is 0 Å². The van der Waals surface area contributed by atoms with E-state index in [-0.39, 0.29) is 12.3 Å². The van der Waals surface area contributed by atoms with Gasteiger partial charge < -0.3 is 9.47 Å². The fraction of sp³-hybridized carbons (Fsp3) is 0.957. The average Bonchev–Trinajstić information content (AvgIpc) is 3.17. The van der Waals surface area contributed by atoms with Crippen LogP contribution in [0.25, 0.3) is 0 Å². The number of ether oxygens (including phenoxy) is 2. The maximum Gasteiger partial charge on any atom is 0.510 e. The largest absolute Gasteiger partial charge is 0.510 e. The summed E-state index contributed by atoms with van der Waals surface area (Å²) in [7, 11) is 0. The van der Waals surface area contributed by atoms with Gasteiger partial charge in [-0.3, -0.25) is 0 Å². The number of carbonyl (C=O) groups excluding carboxylic acids is 1.